The highest BCUT2D eigenvalue weighted by atomic mass is 35.5. The van der Waals surface area contributed by atoms with Crippen molar-refractivity contribution < 1.29 is 9.21 Å². The molecule has 1 saturated heterocycles. The van der Waals surface area contributed by atoms with Crippen molar-refractivity contribution in [1.29, 1.82) is 0 Å². The van der Waals surface area contributed by atoms with Gasteiger partial charge < -0.3 is 15.1 Å². The summed E-state index contributed by atoms with van der Waals surface area (Å²) in [5.41, 5.74) is 0.786. The van der Waals surface area contributed by atoms with E-state index in [0.717, 1.165) is 38.3 Å². The van der Waals surface area contributed by atoms with Crippen molar-refractivity contribution in [3.8, 4) is 11.3 Å². The van der Waals surface area contributed by atoms with Gasteiger partial charge in [0.05, 0.1) is 5.02 Å². The normalized spacial score (nSPS) is 15.5. The summed E-state index contributed by atoms with van der Waals surface area (Å²) in [5, 5.41) is 6.81. The van der Waals surface area contributed by atoms with Crippen LogP contribution in [0.4, 0.5) is 0 Å². The monoisotopic (exact) mass is 333 g/mol. The number of hydrogen-bond acceptors (Lipinski definition) is 4. The third-order valence-electron chi connectivity index (χ3n) is 3.89. The van der Waals surface area contributed by atoms with E-state index >= 15 is 0 Å². The molecule has 0 bridgehead atoms. The number of rotatable bonds is 5. The summed E-state index contributed by atoms with van der Waals surface area (Å²) >= 11 is 6.15. The molecule has 0 aliphatic carbocycles. The summed E-state index contributed by atoms with van der Waals surface area (Å²) in [6.45, 7) is 5.52. The number of carbonyl (C=O) groups is 1. The number of furan rings is 1. The van der Waals surface area contributed by atoms with Crippen molar-refractivity contribution in [3.05, 3.63) is 47.2 Å². The van der Waals surface area contributed by atoms with E-state index in [1.165, 1.54) is 0 Å². The molecule has 5 nitrogen and oxygen atoms in total. The van der Waals surface area contributed by atoms with Crippen molar-refractivity contribution >= 4 is 17.5 Å². The molecule has 122 valence electrons. The standard InChI is InChI=1S/C17H20ClN3O2/c18-14-4-2-1-3-13(14)15-5-6-16(23-15)17(22)20-9-12-21-10-7-19-8-11-21/h1-6,19H,7-12H2,(H,20,22). The van der Waals surface area contributed by atoms with Crippen LogP contribution in [0.25, 0.3) is 11.3 Å². The molecule has 23 heavy (non-hydrogen) atoms. The van der Waals surface area contributed by atoms with Gasteiger partial charge in [-0.25, -0.2) is 0 Å². The number of amides is 1. The second kappa shape index (κ2) is 7.64. The highest BCUT2D eigenvalue weighted by Crippen LogP contribution is 2.28. The Morgan fingerprint density at radius 1 is 1.22 bits per heavy atom. The molecule has 1 fully saturated rings. The van der Waals surface area contributed by atoms with Gasteiger partial charge in [0.1, 0.15) is 5.76 Å². The van der Waals surface area contributed by atoms with Crippen LogP contribution in [0.15, 0.2) is 40.8 Å². The zero-order valence-electron chi connectivity index (χ0n) is 12.8. The zero-order valence-corrected chi connectivity index (χ0v) is 13.6. The molecule has 0 radical (unpaired) electrons. The molecule has 2 heterocycles. The molecule has 0 saturated carbocycles. The molecular formula is C17H20ClN3O2. The minimum absolute atomic E-state index is 0.196. The topological polar surface area (TPSA) is 57.5 Å². The van der Waals surface area contributed by atoms with Crippen molar-refractivity contribution in [3.63, 3.8) is 0 Å². The molecule has 0 unspecified atom stereocenters. The van der Waals surface area contributed by atoms with Gasteiger partial charge in [0.25, 0.3) is 5.91 Å². The maximum Gasteiger partial charge on any atom is 0.287 e. The first-order valence-corrected chi connectivity index (χ1v) is 8.18. The lowest BCUT2D eigenvalue weighted by atomic mass is 10.2. The second-order valence-electron chi connectivity index (χ2n) is 5.49. The van der Waals surface area contributed by atoms with Crippen LogP contribution in [0.3, 0.4) is 0 Å². The number of halogens is 1. The maximum atomic E-state index is 12.1. The highest BCUT2D eigenvalue weighted by molar-refractivity contribution is 6.33. The van der Waals surface area contributed by atoms with Gasteiger partial charge in [0, 0.05) is 44.8 Å². The van der Waals surface area contributed by atoms with Crippen LogP contribution in [-0.2, 0) is 0 Å². The molecule has 3 rings (SSSR count). The van der Waals surface area contributed by atoms with Gasteiger partial charge in [-0.05, 0) is 24.3 Å². The predicted octanol–water partition coefficient (Wildman–Crippen LogP) is 2.24. The molecule has 0 spiro atoms. The van der Waals surface area contributed by atoms with E-state index in [2.05, 4.69) is 15.5 Å². The minimum Gasteiger partial charge on any atom is -0.451 e. The average molecular weight is 334 g/mol. The second-order valence-corrected chi connectivity index (χ2v) is 5.90. The highest BCUT2D eigenvalue weighted by Gasteiger charge is 2.14. The van der Waals surface area contributed by atoms with E-state index in [9.17, 15) is 4.79 Å². The van der Waals surface area contributed by atoms with Gasteiger partial charge in [-0.15, -0.1) is 0 Å². The van der Waals surface area contributed by atoms with Crippen LogP contribution >= 0.6 is 11.6 Å². The van der Waals surface area contributed by atoms with Gasteiger partial charge >= 0.3 is 0 Å². The van der Waals surface area contributed by atoms with Crippen LogP contribution in [-0.4, -0.2) is 50.1 Å². The fourth-order valence-electron chi connectivity index (χ4n) is 2.62. The van der Waals surface area contributed by atoms with Crippen LogP contribution in [0.1, 0.15) is 10.6 Å². The molecule has 2 N–H and O–H groups in total. The molecule has 1 aromatic carbocycles. The maximum absolute atomic E-state index is 12.1. The first kappa shape index (κ1) is 16.1. The van der Waals surface area contributed by atoms with E-state index in [1.54, 1.807) is 18.2 Å². The molecule has 1 aromatic heterocycles. The number of nitrogens with one attached hydrogen (secondary N) is 2. The van der Waals surface area contributed by atoms with Gasteiger partial charge in [-0.2, -0.15) is 0 Å². The summed E-state index contributed by atoms with van der Waals surface area (Å²) < 4.78 is 5.63. The Morgan fingerprint density at radius 2 is 2.00 bits per heavy atom. The van der Waals surface area contributed by atoms with E-state index in [-0.39, 0.29) is 5.91 Å². The van der Waals surface area contributed by atoms with E-state index < -0.39 is 0 Å². The van der Waals surface area contributed by atoms with Crippen molar-refractivity contribution in [2.24, 2.45) is 0 Å². The third-order valence-corrected chi connectivity index (χ3v) is 4.22. The summed E-state index contributed by atoms with van der Waals surface area (Å²) in [5.74, 6) is 0.710. The lowest BCUT2D eigenvalue weighted by molar-refractivity contribution is 0.0920. The van der Waals surface area contributed by atoms with Crippen molar-refractivity contribution in [2.75, 3.05) is 39.3 Å². The Bertz CT molecular complexity index is 665. The van der Waals surface area contributed by atoms with Crippen LogP contribution in [0, 0.1) is 0 Å². The Balaban J connectivity index is 1.55. The summed E-state index contributed by atoms with van der Waals surface area (Å²) in [7, 11) is 0. The van der Waals surface area contributed by atoms with Crippen molar-refractivity contribution in [1.82, 2.24) is 15.5 Å². The smallest absolute Gasteiger partial charge is 0.287 e. The molecule has 2 aromatic rings. The van der Waals surface area contributed by atoms with Gasteiger partial charge in [0.2, 0.25) is 0 Å². The van der Waals surface area contributed by atoms with Gasteiger partial charge in [0.15, 0.2) is 5.76 Å². The van der Waals surface area contributed by atoms with Gasteiger partial charge in [-0.1, -0.05) is 23.7 Å². The number of benzene rings is 1. The minimum atomic E-state index is -0.196. The first-order chi connectivity index (χ1) is 11.2. The van der Waals surface area contributed by atoms with Crippen LogP contribution in [0.5, 0.6) is 0 Å². The first-order valence-electron chi connectivity index (χ1n) is 7.80. The Morgan fingerprint density at radius 3 is 2.78 bits per heavy atom. The molecule has 1 aliphatic heterocycles. The number of hydrogen-bond donors (Lipinski definition) is 2. The molecule has 1 aliphatic rings. The fraction of sp³-hybridized carbons (Fsp3) is 0.353. The van der Waals surface area contributed by atoms with Crippen molar-refractivity contribution in [2.45, 2.75) is 0 Å². The SMILES string of the molecule is O=C(NCCN1CCNCC1)c1ccc(-c2ccccc2Cl)o1. The lowest BCUT2D eigenvalue weighted by Gasteiger charge is -2.26. The number of carbonyl (C=O) groups excluding carboxylic acids is 1. The summed E-state index contributed by atoms with van der Waals surface area (Å²) in [6.07, 6.45) is 0. The third kappa shape index (κ3) is 4.13. The van der Waals surface area contributed by atoms with Crippen LogP contribution in [0.2, 0.25) is 5.02 Å². The summed E-state index contributed by atoms with van der Waals surface area (Å²) in [4.78, 5) is 14.5. The Kier molecular flexibility index (Phi) is 5.33. The van der Waals surface area contributed by atoms with E-state index in [4.69, 9.17) is 16.0 Å². The Hall–Kier alpha value is -1.82. The van der Waals surface area contributed by atoms with Crippen LogP contribution < -0.4 is 10.6 Å². The predicted molar refractivity (Wildman–Crippen MR) is 90.8 cm³/mol. The molecular weight excluding hydrogens is 314 g/mol. The Labute approximate surface area is 140 Å². The number of nitrogens with zero attached hydrogens (tertiary/aromatic N) is 1. The molecule has 6 heteroatoms. The largest absolute Gasteiger partial charge is 0.451 e. The number of piperazine rings is 1. The average Bonchev–Trinajstić information content (AvgIpc) is 3.06. The molecule has 0 atom stereocenters. The quantitative estimate of drug-likeness (QED) is 0.881. The van der Waals surface area contributed by atoms with Gasteiger partial charge in [-0.3, -0.25) is 9.69 Å². The van der Waals surface area contributed by atoms with E-state index in [0.29, 0.717) is 23.1 Å². The summed E-state index contributed by atoms with van der Waals surface area (Å²) in [6, 6.07) is 10.9. The molecule has 1 amide bonds. The van der Waals surface area contributed by atoms with E-state index in [1.807, 2.05) is 18.2 Å². The zero-order chi connectivity index (χ0) is 16.1. The fourth-order valence-corrected chi connectivity index (χ4v) is 2.84. The lowest BCUT2D eigenvalue weighted by Crippen LogP contribution is -2.46.